The van der Waals surface area contributed by atoms with Crippen LogP contribution in [0.1, 0.15) is 18.5 Å². The number of hydrogen-bond donors (Lipinski definition) is 1. The molecule has 8 heteroatoms. The molecule has 1 N–H and O–H groups in total. The zero-order valence-electron chi connectivity index (χ0n) is 15.7. The first-order valence-electron chi connectivity index (χ1n) is 8.63. The van der Waals surface area contributed by atoms with Crippen LogP contribution in [-0.4, -0.2) is 34.9 Å². The molecule has 0 radical (unpaired) electrons. The second kappa shape index (κ2) is 7.77. The van der Waals surface area contributed by atoms with Crippen LogP contribution in [0.25, 0.3) is 0 Å². The van der Waals surface area contributed by atoms with E-state index in [9.17, 15) is 14.9 Å². The third-order valence-corrected chi connectivity index (χ3v) is 4.87. The van der Waals surface area contributed by atoms with E-state index >= 15 is 0 Å². The molecule has 0 unspecified atom stereocenters. The number of anilines is 1. The minimum atomic E-state index is -0.497. The molecule has 7 nitrogen and oxygen atoms in total. The van der Waals surface area contributed by atoms with Gasteiger partial charge in [-0.25, -0.2) is 0 Å². The van der Waals surface area contributed by atoms with Gasteiger partial charge in [0.1, 0.15) is 0 Å². The third-order valence-electron chi connectivity index (χ3n) is 4.57. The number of likely N-dealkylation sites (N-methyl/N-ethyl adjacent to an activating group) is 1. The van der Waals surface area contributed by atoms with Gasteiger partial charge >= 0.3 is 0 Å². The molecule has 3 rings (SSSR count). The highest BCUT2D eigenvalue weighted by molar-refractivity contribution is 7.80. The van der Waals surface area contributed by atoms with Crippen molar-refractivity contribution in [2.75, 3.05) is 19.0 Å². The zero-order valence-corrected chi connectivity index (χ0v) is 16.6. The summed E-state index contributed by atoms with van der Waals surface area (Å²) in [5, 5.41) is 14.6. The number of non-ortho nitro benzene ring substituents is 1. The predicted molar refractivity (Wildman–Crippen MR) is 112 cm³/mol. The number of hydrogen-bond acceptors (Lipinski definition) is 4. The summed E-state index contributed by atoms with van der Waals surface area (Å²) in [5.41, 5.74) is 2.83. The molecule has 0 bridgehead atoms. The van der Waals surface area contributed by atoms with E-state index in [4.69, 9.17) is 12.2 Å². The Balaban J connectivity index is 2.12. The molecule has 0 aliphatic carbocycles. The van der Waals surface area contributed by atoms with E-state index in [2.05, 4.69) is 5.32 Å². The topological polar surface area (TPSA) is 78.7 Å². The largest absolute Gasteiger partial charge is 0.351 e. The fraction of sp³-hybridized carbons (Fsp3) is 0.200. The molecule has 144 valence electrons. The van der Waals surface area contributed by atoms with Crippen molar-refractivity contribution in [2.24, 2.45) is 0 Å². The van der Waals surface area contributed by atoms with Crippen molar-refractivity contribution < 1.29 is 9.72 Å². The lowest BCUT2D eigenvalue weighted by Crippen LogP contribution is -2.49. The molecule has 1 aliphatic heterocycles. The van der Waals surface area contributed by atoms with Gasteiger partial charge in [0.25, 0.3) is 11.6 Å². The summed E-state index contributed by atoms with van der Waals surface area (Å²) in [6.07, 6.45) is 0. The lowest BCUT2D eigenvalue weighted by Gasteiger charge is -2.38. The maximum absolute atomic E-state index is 13.0. The average Bonchev–Trinajstić information content (AvgIpc) is 2.68. The smallest absolute Gasteiger partial charge is 0.269 e. The minimum absolute atomic E-state index is 0.00534. The number of nitrogens with one attached hydrogen (secondary N) is 1. The Hall–Kier alpha value is -3.26. The number of allylic oxidation sites excluding steroid dienone is 1. The van der Waals surface area contributed by atoms with Gasteiger partial charge in [-0.3, -0.25) is 19.8 Å². The van der Waals surface area contributed by atoms with E-state index in [1.54, 1.807) is 26.2 Å². The molecule has 1 heterocycles. The Bertz CT molecular complexity index is 955. The molecular formula is C20H20N4O3S. The summed E-state index contributed by atoms with van der Waals surface area (Å²) >= 11 is 5.58. The lowest BCUT2D eigenvalue weighted by atomic mass is 9.93. The predicted octanol–water partition coefficient (Wildman–Crippen LogP) is 3.39. The van der Waals surface area contributed by atoms with Gasteiger partial charge in [0.05, 0.1) is 16.5 Å². The van der Waals surface area contributed by atoms with E-state index in [1.165, 1.54) is 17.0 Å². The number of rotatable bonds is 4. The molecule has 0 aromatic heterocycles. The molecule has 0 fully saturated rings. The number of para-hydroxylation sites is 1. The maximum Gasteiger partial charge on any atom is 0.269 e. The number of carbonyl (C=O) groups excluding carboxylic acids is 1. The number of amides is 1. The molecule has 2 aromatic rings. The van der Waals surface area contributed by atoms with Crippen LogP contribution in [0.2, 0.25) is 0 Å². The van der Waals surface area contributed by atoms with Gasteiger partial charge in [-0.15, -0.1) is 0 Å². The van der Waals surface area contributed by atoms with E-state index in [0.717, 1.165) is 16.9 Å². The zero-order chi connectivity index (χ0) is 20.4. The molecule has 1 aliphatic rings. The second-order valence-corrected chi connectivity index (χ2v) is 6.99. The summed E-state index contributed by atoms with van der Waals surface area (Å²) in [4.78, 5) is 26.8. The van der Waals surface area contributed by atoms with E-state index < -0.39 is 11.0 Å². The van der Waals surface area contributed by atoms with Gasteiger partial charge in [-0.2, -0.15) is 0 Å². The molecule has 1 atom stereocenters. The normalized spacial score (nSPS) is 16.6. The van der Waals surface area contributed by atoms with Crippen molar-refractivity contribution in [3.8, 4) is 0 Å². The van der Waals surface area contributed by atoms with Crippen LogP contribution in [-0.2, 0) is 4.79 Å². The summed E-state index contributed by atoms with van der Waals surface area (Å²) in [5.74, 6) is -0.156. The Morgan fingerprint density at radius 1 is 1.14 bits per heavy atom. The monoisotopic (exact) mass is 396 g/mol. The van der Waals surface area contributed by atoms with Gasteiger partial charge in [-0.05, 0) is 49.0 Å². The van der Waals surface area contributed by atoms with Gasteiger partial charge in [0.15, 0.2) is 5.11 Å². The van der Waals surface area contributed by atoms with Crippen LogP contribution >= 0.6 is 12.2 Å². The summed E-state index contributed by atoms with van der Waals surface area (Å²) in [6, 6.07) is 15.2. The van der Waals surface area contributed by atoms with Crippen LogP contribution < -0.4 is 10.2 Å². The highest BCUT2D eigenvalue weighted by Gasteiger charge is 2.35. The van der Waals surface area contributed by atoms with Gasteiger partial charge < -0.3 is 10.2 Å². The third kappa shape index (κ3) is 3.59. The van der Waals surface area contributed by atoms with Crippen molar-refractivity contribution >= 4 is 34.6 Å². The number of benzene rings is 2. The van der Waals surface area contributed by atoms with Gasteiger partial charge in [0, 0.05) is 37.6 Å². The van der Waals surface area contributed by atoms with Crippen molar-refractivity contribution in [3.63, 3.8) is 0 Å². The molecule has 1 amide bonds. The molecule has 0 spiro atoms. The summed E-state index contributed by atoms with van der Waals surface area (Å²) in [7, 11) is 3.38. The van der Waals surface area contributed by atoms with Crippen molar-refractivity contribution in [1.82, 2.24) is 10.2 Å². The highest BCUT2D eigenvalue weighted by atomic mass is 32.1. The summed E-state index contributed by atoms with van der Waals surface area (Å²) < 4.78 is 0. The first kappa shape index (κ1) is 19.5. The van der Waals surface area contributed by atoms with E-state index in [0.29, 0.717) is 10.7 Å². The fourth-order valence-corrected chi connectivity index (χ4v) is 3.55. The quantitative estimate of drug-likeness (QED) is 0.485. The van der Waals surface area contributed by atoms with Gasteiger partial charge in [-0.1, -0.05) is 18.2 Å². The molecule has 0 saturated heterocycles. The van der Waals surface area contributed by atoms with Crippen molar-refractivity contribution in [3.05, 3.63) is 81.5 Å². The molecule has 28 heavy (non-hydrogen) atoms. The van der Waals surface area contributed by atoms with Crippen LogP contribution in [0.4, 0.5) is 11.4 Å². The Kier molecular flexibility index (Phi) is 5.41. The second-order valence-electron chi connectivity index (χ2n) is 6.60. The van der Waals surface area contributed by atoms with E-state index in [1.807, 2.05) is 42.2 Å². The number of nitro groups is 1. The Morgan fingerprint density at radius 3 is 2.29 bits per heavy atom. The van der Waals surface area contributed by atoms with E-state index in [-0.39, 0.29) is 11.6 Å². The lowest BCUT2D eigenvalue weighted by molar-refractivity contribution is -0.384. The summed E-state index contributed by atoms with van der Waals surface area (Å²) in [6.45, 7) is 1.86. The van der Waals surface area contributed by atoms with Crippen LogP contribution in [0.3, 0.4) is 0 Å². The van der Waals surface area contributed by atoms with Gasteiger partial charge in [0.2, 0.25) is 0 Å². The SMILES string of the molecule is CC1=C(C(=O)N(C)C)[C@H](c2ccc([N+](=O)[O-])cc2)NC(=S)N1c1ccccc1. The maximum atomic E-state index is 13.0. The minimum Gasteiger partial charge on any atom is -0.351 e. The standard InChI is InChI=1S/C20H20N4O3S/c1-13-17(19(25)22(2)3)18(14-9-11-16(12-10-14)24(26)27)21-20(28)23(13)15-7-5-4-6-8-15/h4-12,18H,1-3H3,(H,21,28)/t18-/m0/s1. The first-order valence-corrected chi connectivity index (χ1v) is 9.04. The Labute approximate surface area is 168 Å². The average molecular weight is 396 g/mol. The number of carbonyl (C=O) groups is 1. The Morgan fingerprint density at radius 2 is 1.75 bits per heavy atom. The van der Waals surface area contributed by atoms with Crippen LogP contribution in [0, 0.1) is 10.1 Å². The number of nitrogens with zero attached hydrogens (tertiary/aromatic N) is 3. The highest BCUT2D eigenvalue weighted by Crippen LogP contribution is 2.34. The first-order chi connectivity index (χ1) is 13.3. The number of nitro benzene ring substituents is 1. The molecule has 0 saturated carbocycles. The van der Waals surface area contributed by atoms with Crippen LogP contribution in [0.15, 0.2) is 65.9 Å². The molecular weight excluding hydrogens is 376 g/mol. The van der Waals surface area contributed by atoms with Crippen LogP contribution in [0.5, 0.6) is 0 Å². The van der Waals surface area contributed by atoms with Crippen molar-refractivity contribution in [2.45, 2.75) is 13.0 Å². The number of thiocarbonyl (C=S) groups is 1. The fourth-order valence-electron chi connectivity index (χ4n) is 3.19. The molecule has 2 aromatic carbocycles. The van der Waals surface area contributed by atoms with Crippen molar-refractivity contribution in [1.29, 1.82) is 0 Å².